The van der Waals surface area contributed by atoms with Crippen molar-refractivity contribution in [1.29, 1.82) is 0 Å². The molecule has 2 rings (SSSR count). The van der Waals surface area contributed by atoms with Crippen LogP contribution in [0.25, 0.3) is 10.9 Å². The molecule has 0 unspecified atom stereocenters. The second kappa shape index (κ2) is 4.88. The van der Waals surface area contributed by atoms with Gasteiger partial charge in [0.1, 0.15) is 5.75 Å². The summed E-state index contributed by atoms with van der Waals surface area (Å²) in [5.74, 6) is 0.917. The molecule has 1 N–H and O–H groups in total. The molecular weight excluding hydrogens is 242 g/mol. The molecule has 98 valence electrons. The van der Waals surface area contributed by atoms with Gasteiger partial charge in [-0.15, -0.1) is 11.8 Å². The number of aryl methyl sites for hydroxylation is 1. The minimum Gasteiger partial charge on any atom is -0.497 e. The van der Waals surface area contributed by atoms with E-state index < -0.39 is 0 Å². The minimum absolute atomic E-state index is 0.210. The Hall–Kier alpha value is -1.09. The van der Waals surface area contributed by atoms with E-state index in [1.807, 2.05) is 17.8 Å². The highest BCUT2D eigenvalue weighted by Crippen LogP contribution is 2.40. The summed E-state index contributed by atoms with van der Waals surface area (Å²) in [4.78, 5) is 4.87. The first-order valence-corrected chi connectivity index (χ1v) is 7.14. The molecule has 0 fully saturated rings. The second-order valence-electron chi connectivity index (χ2n) is 5.41. The molecule has 0 aliphatic carbocycles. The lowest BCUT2D eigenvalue weighted by atomic mass is 10.2. The Morgan fingerprint density at radius 3 is 2.56 bits per heavy atom. The van der Waals surface area contributed by atoms with Crippen molar-refractivity contribution in [3.8, 4) is 5.75 Å². The third-order valence-corrected chi connectivity index (χ3v) is 4.08. The second-order valence-corrected chi connectivity index (χ2v) is 7.25. The summed E-state index contributed by atoms with van der Waals surface area (Å²) >= 11 is 1.92. The fourth-order valence-electron chi connectivity index (χ4n) is 2.00. The Morgan fingerprint density at radius 2 is 2.00 bits per heavy atom. The molecule has 2 aromatic rings. The Bertz CT molecular complexity index is 551. The number of methoxy groups -OCH3 is 1. The fourth-order valence-corrected chi connectivity index (χ4v) is 3.21. The van der Waals surface area contributed by atoms with Crippen LogP contribution in [-0.2, 0) is 6.42 Å². The molecular formula is C15H21NOS. The molecule has 18 heavy (non-hydrogen) atoms. The Kier molecular flexibility index (Phi) is 3.62. The van der Waals surface area contributed by atoms with Crippen molar-refractivity contribution in [3.05, 3.63) is 23.9 Å². The predicted octanol–water partition coefficient (Wildman–Crippen LogP) is 4.63. The molecule has 0 radical (unpaired) electrons. The average Bonchev–Trinajstić information content (AvgIpc) is 2.64. The maximum absolute atomic E-state index is 5.33. The van der Waals surface area contributed by atoms with Gasteiger partial charge in [-0.1, -0.05) is 27.7 Å². The molecule has 0 aliphatic rings. The van der Waals surface area contributed by atoms with Crippen LogP contribution in [0.3, 0.4) is 0 Å². The molecule has 2 nitrogen and oxygen atoms in total. The number of thioether (sulfide) groups is 1. The van der Waals surface area contributed by atoms with Crippen molar-refractivity contribution in [1.82, 2.24) is 4.98 Å². The quantitative estimate of drug-likeness (QED) is 0.817. The number of aromatic amines is 1. The maximum Gasteiger partial charge on any atom is 0.119 e. The summed E-state index contributed by atoms with van der Waals surface area (Å²) in [7, 11) is 1.71. The van der Waals surface area contributed by atoms with Crippen LogP contribution in [-0.4, -0.2) is 16.8 Å². The highest BCUT2D eigenvalue weighted by molar-refractivity contribution is 8.00. The van der Waals surface area contributed by atoms with Crippen molar-refractivity contribution in [3.63, 3.8) is 0 Å². The van der Waals surface area contributed by atoms with E-state index in [1.165, 1.54) is 21.5 Å². The van der Waals surface area contributed by atoms with Crippen LogP contribution in [0.4, 0.5) is 0 Å². The van der Waals surface area contributed by atoms with Gasteiger partial charge in [-0.05, 0) is 24.6 Å². The van der Waals surface area contributed by atoms with Crippen molar-refractivity contribution in [2.45, 2.75) is 43.8 Å². The molecule has 0 aliphatic heterocycles. The number of ether oxygens (including phenoxy) is 1. The number of benzene rings is 1. The van der Waals surface area contributed by atoms with E-state index >= 15 is 0 Å². The van der Waals surface area contributed by atoms with E-state index in [4.69, 9.17) is 4.74 Å². The highest BCUT2D eigenvalue weighted by Gasteiger charge is 2.19. The molecule has 1 heterocycles. The number of aromatic nitrogens is 1. The fraction of sp³-hybridized carbons (Fsp3) is 0.467. The molecule has 0 saturated carbocycles. The summed E-state index contributed by atoms with van der Waals surface area (Å²) in [5, 5.41) is 1.27. The van der Waals surface area contributed by atoms with Gasteiger partial charge < -0.3 is 9.72 Å². The van der Waals surface area contributed by atoms with E-state index in [0.717, 1.165) is 12.2 Å². The number of nitrogens with one attached hydrogen (secondary N) is 1. The topological polar surface area (TPSA) is 25.0 Å². The Morgan fingerprint density at radius 1 is 1.28 bits per heavy atom. The van der Waals surface area contributed by atoms with Crippen LogP contribution in [0.15, 0.2) is 23.1 Å². The van der Waals surface area contributed by atoms with E-state index in [1.54, 1.807) is 7.11 Å². The molecule has 0 bridgehead atoms. The molecule has 0 spiro atoms. The lowest BCUT2D eigenvalue weighted by molar-refractivity contribution is 0.415. The van der Waals surface area contributed by atoms with Gasteiger partial charge in [-0.25, -0.2) is 0 Å². The van der Waals surface area contributed by atoms with Gasteiger partial charge in [0.05, 0.1) is 7.11 Å². The third kappa shape index (κ3) is 2.66. The van der Waals surface area contributed by atoms with Gasteiger partial charge in [0.25, 0.3) is 0 Å². The first kappa shape index (κ1) is 13.3. The third-order valence-electron chi connectivity index (χ3n) is 2.79. The zero-order chi connectivity index (χ0) is 13.3. The molecule has 0 saturated heterocycles. The zero-order valence-corrected chi connectivity index (χ0v) is 12.6. The van der Waals surface area contributed by atoms with Crippen LogP contribution in [0.2, 0.25) is 0 Å². The predicted molar refractivity (Wildman–Crippen MR) is 79.8 cm³/mol. The number of H-pyrrole nitrogens is 1. The molecule has 1 aromatic heterocycles. The monoisotopic (exact) mass is 263 g/mol. The van der Waals surface area contributed by atoms with Gasteiger partial charge in [0.15, 0.2) is 0 Å². The summed E-state index contributed by atoms with van der Waals surface area (Å²) in [5.41, 5.74) is 2.51. The zero-order valence-electron chi connectivity index (χ0n) is 11.8. The Labute approximate surface area is 113 Å². The van der Waals surface area contributed by atoms with Crippen LogP contribution < -0.4 is 4.74 Å². The summed E-state index contributed by atoms with van der Waals surface area (Å²) < 4.78 is 5.54. The standard InChI is InChI=1S/C15H21NOS/c1-6-12-14(18-15(2,3)4)11-9-10(17-5)7-8-13(11)16-12/h7-9,16H,6H2,1-5H3. The molecule has 0 atom stereocenters. The van der Waals surface area contributed by atoms with E-state index in [2.05, 4.69) is 44.8 Å². The van der Waals surface area contributed by atoms with Crippen LogP contribution in [0, 0.1) is 0 Å². The van der Waals surface area contributed by atoms with Gasteiger partial charge >= 0.3 is 0 Å². The van der Waals surface area contributed by atoms with E-state index in [9.17, 15) is 0 Å². The first-order valence-electron chi connectivity index (χ1n) is 6.32. The normalized spacial score (nSPS) is 12.1. The SMILES string of the molecule is CCc1[nH]c2ccc(OC)cc2c1SC(C)(C)C. The first-order chi connectivity index (χ1) is 8.44. The lowest BCUT2D eigenvalue weighted by Gasteiger charge is -2.18. The molecule has 3 heteroatoms. The van der Waals surface area contributed by atoms with E-state index in [-0.39, 0.29) is 4.75 Å². The smallest absolute Gasteiger partial charge is 0.119 e. The van der Waals surface area contributed by atoms with Crippen molar-refractivity contribution in [2.24, 2.45) is 0 Å². The average molecular weight is 263 g/mol. The number of hydrogen-bond acceptors (Lipinski definition) is 2. The van der Waals surface area contributed by atoms with Crippen LogP contribution >= 0.6 is 11.8 Å². The van der Waals surface area contributed by atoms with Gasteiger partial charge in [0.2, 0.25) is 0 Å². The van der Waals surface area contributed by atoms with Crippen LogP contribution in [0.5, 0.6) is 5.75 Å². The van der Waals surface area contributed by atoms with Gasteiger partial charge in [-0.2, -0.15) is 0 Å². The Balaban J connectivity index is 2.59. The largest absolute Gasteiger partial charge is 0.497 e. The lowest BCUT2D eigenvalue weighted by Crippen LogP contribution is -2.07. The summed E-state index contributed by atoms with van der Waals surface area (Å²) in [6.07, 6.45) is 1.02. The van der Waals surface area contributed by atoms with Gasteiger partial charge in [0, 0.05) is 26.2 Å². The van der Waals surface area contributed by atoms with Crippen molar-refractivity contribution in [2.75, 3.05) is 7.11 Å². The number of hydrogen-bond donors (Lipinski definition) is 1. The van der Waals surface area contributed by atoms with Crippen molar-refractivity contribution < 1.29 is 4.74 Å². The number of rotatable bonds is 3. The van der Waals surface area contributed by atoms with Crippen molar-refractivity contribution >= 4 is 22.7 Å². The summed E-state index contributed by atoms with van der Waals surface area (Å²) in [6, 6.07) is 6.23. The van der Waals surface area contributed by atoms with Gasteiger partial charge in [-0.3, -0.25) is 0 Å². The minimum atomic E-state index is 0.210. The maximum atomic E-state index is 5.33. The highest BCUT2D eigenvalue weighted by atomic mass is 32.2. The number of fused-ring (bicyclic) bond motifs is 1. The van der Waals surface area contributed by atoms with E-state index in [0.29, 0.717) is 0 Å². The van der Waals surface area contributed by atoms with Crippen LogP contribution in [0.1, 0.15) is 33.4 Å². The molecule has 0 amide bonds. The summed E-state index contributed by atoms with van der Waals surface area (Å²) in [6.45, 7) is 8.93. The molecule has 1 aromatic carbocycles.